The summed E-state index contributed by atoms with van der Waals surface area (Å²) in [6.07, 6.45) is 3.57. The van der Waals surface area contributed by atoms with E-state index < -0.39 is 11.9 Å². The number of hydrogen-bond donors (Lipinski definition) is 1. The molecule has 0 bridgehead atoms. The van der Waals surface area contributed by atoms with E-state index in [0.717, 1.165) is 44.4 Å². The molecule has 0 aliphatic carbocycles. The van der Waals surface area contributed by atoms with Crippen molar-refractivity contribution in [2.24, 2.45) is 0 Å². The first-order valence-corrected chi connectivity index (χ1v) is 10.5. The lowest BCUT2D eigenvalue weighted by molar-refractivity contribution is -0.266. The molecule has 0 aromatic heterocycles. The predicted molar refractivity (Wildman–Crippen MR) is 108 cm³/mol. The van der Waals surface area contributed by atoms with Gasteiger partial charge in [-0.05, 0) is 63.1 Å². The Morgan fingerprint density at radius 3 is 2.72 bits per heavy atom. The van der Waals surface area contributed by atoms with Gasteiger partial charge in [-0.15, -0.1) is 0 Å². The second-order valence-corrected chi connectivity index (χ2v) is 8.35. The summed E-state index contributed by atoms with van der Waals surface area (Å²) in [5.41, 5.74) is 2.46. The van der Waals surface area contributed by atoms with Crippen molar-refractivity contribution in [2.75, 3.05) is 26.8 Å². The van der Waals surface area contributed by atoms with Gasteiger partial charge >= 0.3 is 0 Å². The van der Waals surface area contributed by atoms with E-state index in [0.29, 0.717) is 25.7 Å². The summed E-state index contributed by atoms with van der Waals surface area (Å²) >= 11 is 0. The van der Waals surface area contributed by atoms with Crippen LogP contribution in [-0.4, -0.2) is 55.7 Å². The van der Waals surface area contributed by atoms with Crippen LogP contribution < -0.4 is 15.2 Å². The predicted octanol–water partition coefficient (Wildman–Crippen LogP) is 2.07. The van der Waals surface area contributed by atoms with Crippen LogP contribution in [0.15, 0.2) is 18.2 Å². The molecule has 29 heavy (non-hydrogen) atoms. The molecule has 1 aromatic carbocycles. The SMILES string of the molecule is COc1cccc(CNC2CCN(C(=O)[O-])CC2)c1CCCC1COC(C)(C)O1. The van der Waals surface area contributed by atoms with Gasteiger partial charge in [0.1, 0.15) is 11.8 Å². The number of rotatable bonds is 8. The summed E-state index contributed by atoms with van der Waals surface area (Å²) in [6.45, 7) is 6.37. The maximum Gasteiger partial charge on any atom is 0.163 e. The normalized spacial score (nSPS) is 22.0. The fourth-order valence-electron chi connectivity index (χ4n) is 4.18. The molecule has 1 N–H and O–H groups in total. The number of carbonyl (C=O) groups excluding carboxylic acids is 1. The molecule has 0 radical (unpaired) electrons. The molecular weight excluding hydrogens is 372 g/mol. The highest BCUT2D eigenvalue weighted by atomic mass is 16.7. The fraction of sp³-hybridized carbons (Fsp3) is 0.682. The zero-order valence-electron chi connectivity index (χ0n) is 17.7. The zero-order chi connectivity index (χ0) is 20.9. The second kappa shape index (κ2) is 9.78. The number of ether oxygens (including phenoxy) is 3. The number of nitrogens with zero attached hydrogens (tertiary/aromatic N) is 1. The minimum absolute atomic E-state index is 0.148. The van der Waals surface area contributed by atoms with E-state index in [-0.39, 0.29) is 6.10 Å². The number of amides is 1. The van der Waals surface area contributed by atoms with Crippen molar-refractivity contribution in [1.82, 2.24) is 10.2 Å². The van der Waals surface area contributed by atoms with Gasteiger partial charge in [-0.3, -0.25) is 0 Å². The van der Waals surface area contributed by atoms with E-state index in [1.807, 2.05) is 26.0 Å². The fourth-order valence-corrected chi connectivity index (χ4v) is 4.18. The molecule has 1 aromatic rings. The lowest BCUT2D eigenvalue weighted by atomic mass is 9.98. The highest BCUT2D eigenvalue weighted by Gasteiger charge is 2.32. The van der Waals surface area contributed by atoms with Crippen molar-refractivity contribution in [1.29, 1.82) is 0 Å². The van der Waals surface area contributed by atoms with Crippen molar-refractivity contribution in [3.63, 3.8) is 0 Å². The molecular formula is C22H33N2O5-. The monoisotopic (exact) mass is 405 g/mol. The molecule has 0 spiro atoms. The first-order chi connectivity index (χ1) is 13.9. The Morgan fingerprint density at radius 1 is 1.34 bits per heavy atom. The lowest BCUT2D eigenvalue weighted by Gasteiger charge is -2.34. The third kappa shape index (κ3) is 6.07. The molecule has 2 aliphatic rings. The molecule has 7 nitrogen and oxygen atoms in total. The molecule has 7 heteroatoms. The van der Waals surface area contributed by atoms with E-state index in [4.69, 9.17) is 14.2 Å². The van der Waals surface area contributed by atoms with Gasteiger partial charge in [0.15, 0.2) is 5.79 Å². The van der Waals surface area contributed by atoms with Crippen LogP contribution in [0.5, 0.6) is 5.75 Å². The summed E-state index contributed by atoms with van der Waals surface area (Å²) in [6, 6.07) is 6.49. The second-order valence-electron chi connectivity index (χ2n) is 8.35. The van der Waals surface area contributed by atoms with Crippen LogP contribution in [0.1, 0.15) is 50.7 Å². The highest BCUT2D eigenvalue weighted by Crippen LogP contribution is 2.28. The van der Waals surface area contributed by atoms with E-state index in [2.05, 4.69) is 11.4 Å². The average Bonchev–Trinajstić information content (AvgIpc) is 3.05. The quantitative estimate of drug-likeness (QED) is 0.713. The molecule has 0 saturated carbocycles. The van der Waals surface area contributed by atoms with Gasteiger partial charge in [0, 0.05) is 25.7 Å². The van der Waals surface area contributed by atoms with Crippen LogP contribution in [0.3, 0.4) is 0 Å². The smallest absolute Gasteiger partial charge is 0.163 e. The Hall–Kier alpha value is -1.83. The van der Waals surface area contributed by atoms with Crippen molar-refractivity contribution in [3.8, 4) is 5.75 Å². The van der Waals surface area contributed by atoms with Crippen molar-refractivity contribution < 1.29 is 24.1 Å². The number of methoxy groups -OCH3 is 1. The molecule has 1 atom stereocenters. The number of likely N-dealkylation sites (tertiary alicyclic amines) is 1. The Balaban J connectivity index is 1.53. The molecule has 1 unspecified atom stereocenters. The van der Waals surface area contributed by atoms with Gasteiger partial charge in [-0.1, -0.05) is 12.1 Å². The first kappa shape index (κ1) is 21.9. The topological polar surface area (TPSA) is 83.1 Å². The maximum absolute atomic E-state index is 11.0. The number of benzene rings is 1. The first-order valence-electron chi connectivity index (χ1n) is 10.5. The molecule has 1 amide bonds. The summed E-state index contributed by atoms with van der Waals surface area (Å²) in [5, 5.41) is 14.5. The molecule has 3 rings (SSSR count). The molecule has 2 aliphatic heterocycles. The van der Waals surface area contributed by atoms with Crippen LogP contribution >= 0.6 is 0 Å². The Kier molecular flexibility index (Phi) is 7.38. The number of piperidine rings is 1. The Bertz CT molecular complexity index is 686. The summed E-state index contributed by atoms with van der Waals surface area (Å²) < 4.78 is 17.2. The third-order valence-electron chi connectivity index (χ3n) is 5.80. The standard InChI is InChI=1S/C22H34N2O5/c1-22(2)28-15-18(29-22)7-5-8-19-16(6-4-9-20(19)27-3)14-23-17-10-12-24(13-11-17)21(25)26/h4,6,9,17-18,23H,5,7-8,10-15H2,1-3H3,(H,25,26)/p-1. The van der Waals surface area contributed by atoms with Gasteiger partial charge in [0.05, 0.1) is 19.8 Å². The highest BCUT2D eigenvalue weighted by molar-refractivity contribution is 5.62. The van der Waals surface area contributed by atoms with Gasteiger partial charge in [0.25, 0.3) is 0 Å². The maximum atomic E-state index is 11.0. The van der Waals surface area contributed by atoms with Crippen LogP contribution in [0.4, 0.5) is 4.79 Å². The van der Waals surface area contributed by atoms with Crippen LogP contribution in [0.25, 0.3) is 0 Å². The van der Waals surface area contributed by atoms with Crippen LogP contribution in [0.2, 0.25) is 0 Å². The molecule has 162 valence electrons. The number of hydrogen-bond acceptors (Lipinski definition) is 6. The summed E-state index contributed by atoms with van der Waals surface area (Å²) in [5.74, 6) is 0.441. The van der Waals surface area contributed by atoms with Crippen molar-refractivity contribution in [3.05, 3.63) is 29.3 Å². The number of carbonyl (C=O) groups is 1. The van der Waals surface area contributed by atoms with Crippen molar-refractivity contribution >= 4 is 6.09 Å². The third-order valence-corrected chi connectivity index (χ3v) is 5.80. The number of nitrogens with one attached hydrogen (secondary N) is 1. The summed E-state index contributed by atoms with van der Waals surface area (Å²) in [7, 11) is 1.71. The number of carboxylic acid groups (broad SMARTS) is 1. The van der Waals surface area contributed by atoms with Gasteiger partial charge in [-0.25, -0.2) is 0 Å². The van der Waals surface area contributed by atoms with Gasteiger partial charge in [0.2, 0.25) is 0 Å². The lowest BCUT2D eigenvalue weighted by Crippen LogP contribution is -2.49. The molecule has 2 saturated heterocycles. The van der Waals surface area contributed by atoms with Gasteiger partial charge in [-0.2, -0.15) is 0 Å². The Labute approximate surface area is 173 Å². The Morgan fingerprint density at radius 2 is 2.10 bits per heavy atom. The van der Waals surface area contributed by atoms with E-state index in [1.54, 1.807) is 7.11 Å². The minimum Gasteiger partial charge on any atom is -0.530 e. The van der Waals surface area contributed by atoms with E-state index in [9.17, 15) is 9.90 Å². The largest absolute Gasteiger partial charge is 0.530 e. The van der Waals surface area contributed by atoms with E-state index >= 15 is 0 Å². The summed E-state index contributed by atoms with van der Waals surface area (Å²) in [4.78, 5) is 12.3. The van der Waals surface area contributed by atoms with E-state index in [1.165, 1.54) is 16.0 Å². The molecule has 2 fully saturated rings. The minimum atomic E-state index is -1.07. The average molecular weight is 406 g/mol. The molecule has 2 heterocycles. The van der Waals surface area contributed by atoms with Gasteiger partial charge < -0.3 is 34.3 Å². The van der Waals surface area contributed by atoms with Crippen LogP contribution in [-0.2, 0) is 22.4 Å². The van der Waals surface area contributed by atoms with Crippen LogP contribution in [0, 0.1) is 0 Å². The zero-order valence-corrected chi connectivity index (χ0v) is 17.7. The van der Waals surface area contributed by atoms with Crippen molar-refractivity contribution in [2.45, 2.75) is 70.4 Å².